The van der Waals surface area contributed by atoms with Crippen LogP contribution in [-0.4, -0.2) is 21.7 Å². The van der Waals surface area contributed by atoms with E-state index in [4.69, 9.17) is 0 Å². The molecule has 1 unspecified atom stereocenters. The summed E-state index contributed by atoms with van der Waals surface area (Å²) >= 11 is 0. The van der Waals surface area contributed by atoms with Gasteiger partial charge in [0.1, 0.15) is 12.2 Å². The number of hydrogen-bond acceptors (Lipinski definition) is 3. The molecule has 0 radical (unpaired) electrons. The first-order valence-electron chi connectivity index (χ1n) is 7.00. The molecule has 1 heterocycles. The Balaban J connectivity index is 2.02. The molecule has 1 atom stereocenters. The summed E-state index contributed by atoms with van der Waals surface area (Å²) in [4.78, 5) is 4.35. The van der Waals surface area contributed by atoms with E-state index in [1.54, 1.807) is 6.33 Å². The Bertz CT molecular complexity index is 288. The average molecular weight is 236 g/mol. The first-order chi connectivity index (χ1) is 8.42. The van der Waals surface area contributed by atoms with Crippen molar-refractivity contribution < 1.29 is 0 Å². The van der Waals surface area contributed by atoms with E-state index in [1.807, 2.05) is 0 Å². The number of aromatic amines is 1. The van der Waals surface area contributed by atoms with Gasteiger partial charge in [0.05, 0.1) is 6.04 Å². The predicted molar refractivity (Wildman–Crippen MR) is 68.6 cm³/mol. The zero-order valence-corrected chi connectivity index (χ0v) is 10.8. The number of H-pyrrole nitrogens is 1. The molecule has 96 valence electrons. The van der Waals surface area contributed by atoms with Crippen LogP contribution in [0.2, 0.25) is 0 Å². The van der Waals surface area contributed by atoms with Crippen LogP contribution in [0, 0.1) is 5.92 Å². The Hall–Kier alpha value is -0.900. The SMILES string of the molecule is CCCNC(c1ncn[nH]1)C1CCCCCC1. The molecule has 0 aliphatic heterocycles. The summed E-state index contributed by atoms with van der Waals surface area (Å²) in [7, 11) is 0. The van der Waals surface area contributed by atoms with Crippen molar-refractivity contribution in [2.24, 2.45) is 5.92 Å². The fourth-order valence-electron chi connectivity index (χ4n) is 2.80. The van der Waals surface area contributed by atoms with E-state index < -0.39 is 0 Å². The zero-order chi connectivity index (χ0) is 11.9. The van der Waals surface area contributed by atoms with Crippen LogP contribution in [0.3, 0.4) is 0 Å². The molecule has 1 aliphatic rings. The highest BCUT2D eigenvalue weighted by atomic mass is 15.2. The molecule has 4 heteroatoms. The first-order valence-corrected chi connectivity index (χ1v) is 7.00. The van der Waals surface area contributed by atoms with E-state index in [0.29, 0.717) is 6.04 Å². The van der Waals surface area contributed by atoms with Gasteiger partial charge in [0, 0.05) is 0 Å². The quantitative estimate of drug-likeness (QED) is 0.773. The lowest BCUT2D eigenvalue weighted by Gasteiger charge is -2.25. The smallest absolute Gasteiger partial charge is 0.141 e. The third-order valence-electron chi connectivity index (χ3n) is 3.71. The normalized spacial score (nSPS) is 20.1. The molecule has 2 rings (SSSR count). The van der Waals surface area contributed by atoms with Crippen LogP contribution in [0.1, 0.15) is 63.7 Å². The lowest BCUT2D eigenvalue weighted by atomic mass is 9.91. The second-order valence-electron chi connectivity index (χ2n) is 5.05. The minimum atomic E-state index is 0.371. The molecule has 1 aromatic rings. The Kier molecular flexibility index (Phi) is 4.98. The van der Waals surface area contributed by atoms with Crippen molar-refractivity contribution in [2.75, 3.05) is 6.54 Å². The van der Waals surface area contributed by atoms with Crippen LogP contribution in [0.15, 0.2) is 6.33 Å². The molecule has 1 saturated carbocycles. The second-order valence-corrected chi connectivity index (χ2v) is 5.05. The molecule has 1 aromatic heterocycles. The van der Waals surface area contributed by atoms with Crippen molar-refractivity contribution in [1.29, 1.82) is 0 Å². The molecule has 0 spiro atoms. The molecule has 2 N–H and O–H groups in total. The van der Waals surface area contributed by atoms with Crippen molar-refractivity contribution in [3.05, 3.63) is 12.2 Å². The molecule has 4 nitrogen and oxygen atoms in total. The summed E-state index contributed by atoms with van der Waals surface area (Å²) in [5.74, 6) is 1.74. The average Bonchev–Trinajstić information content (AvgIpc) is 2.73. The number of hydrogen-bond donors (Lipinski definition) is 2. The summed E-state index contributed by atoms with van der Waals surface area (Å²) < 4.78 is 0. The molecule has 0 aromatic carbocycles. The molecular weight excluding hydrogens is 212 g/mol. The first kappa shape index (κ1) is 12.6. The largest absolute Gasteiger partial charge is 0.307 e. The fourth-order valence-corrected chi connectivity index (χ4v) is 2.80. The number of nitrogens with zero attached hydrogens (tertiary/aromatic N) is 2. The fraction of sp³-hybridized carbons (Fsp3) is 0.846. The molecule has 0 saturated heterocycles. The van der Waals surface area contributed by atoms with Gasteiger partial charge in [-0.25, -0.2) is 4.98 Å². The van der Waals surface area contributed by atoms with Crippen LogP contribution in [0.5, 0.6) is 0 Å². The van der Waals surface area contributed by atoms with Crippen molar-refractivity contribution in [2.45, 2.75) is 57.9 Å². The van der Waals surface area contributed by atoms with E-state index in [1.165, 1.54) is 38.5 Å². The standard InChI is InChI=1S/C13H24N4/c1-2-9-14-12(13-15-10-16-17-13)11-7-5-3-4-6-8-11/h10-12,14H,2-9H2,1H3,(H,15,16,17). The summed E-state index contributed by atoms with van der Waals surface area (Å²) in [5, 5.41) is 10.7. The topological polar surface area (TPSA) is 53.6 Å². The maximum Gasteiger partial charge on any atom is 0.141 e. The predicted octanol–water partition coefficient (Wildman–Crippen LogP) is 2.82. The molecule has 0 amide bonds. The maximum atomic E-state index is 4.35. The summed E-state index contributed by atoms with van der Waals surface area (Å²) in [5.41, 5.74) is 0. The van der Waals surface area contributed by atoms with Crippen LogP contribution in [-0.2, 0) is 0 Å². The lowest BCUT2D eigenvalue weighted by molar-refractivity contribution is 0.314. The van der Waals surface area contributed by atoms with Crippen LogP contribution < -0.4 is 5.32 Å². The Morgan fingerprint density at radius 2 is 2.12 bits per heavy atom. The van der Waals surface area contributed by atoms with Gasteiger partial charge in [0.25, 0.3) is 0 Å². The number of nitrogens with one attached hydrogen (secondary N) is 2. The Morgan fingerprint density at radius 3 is 2.71 bits per heavy atom. The van der Waals surface area contributed by atoms with Crippen molar-refractivity contribution in [1.82, 2.24) is 20.5 Å². The van der Waals surface area contributed by atoms with Crippen LogP contribution in [0.4, 0.5) is 0 Å². The van der Waals surface area contributed by atoms with Gasteiger partial charge >= 0.3 is 0 Å². The van der Waals surface area contributed by atoms with Crippen molar-refractivity contribution in [3.8, 4) is 0 Å². The van der Waals surface area contributed by atoms with Crippen LogP contribution in [0.25, 0.3) is 0 Å². The van der Waals surface area contributed by atoms with Gasteiger partial charge in [-0.3, -0.25) is 5.10 Å². The van der Waals surface area contributed by atoms with Gasteiger partial charge in [0.2, 0.25) is 0 Å². The lowest BCUT2D eigenvalue weighted by Crippen LogP contribution is -2.30. The number of rotatable bonds is 5. The highest BCUT2D eigenvalue weighted by molar-refractivity contribution is 4.95. The van der Waals surface area contributed by atoms with E-state index in [-0.39, 0.29) is 0 Å². The molecule has 0 bridgehead atoms. The molecule has 1 aliphatic carbocycles. The molecule has 17 heavy (non-hydrogen) atoms. The monoisotopic (exact) mass is 236 g/mol. The summed E-state index contributed by atoms with van der Waals surface area (Å²) in [6.07, 6.45) is 10.9. The Morgan fingerprint density at radius 1 is 1.35 bits per heavy atom. The van der Waals surface area contributed by atoms with Gasteiger partial charge in [-0.05, 0) is 31.7 Å². The molecule has 1 fully saturated rings. The highest BCUT2D eigenvalue weighted by Crippen LogP contribution is 2.31. The minimum Gasteiger partial charge on any atom is -0.307 e. The highest BCUT2D eigenvalue weighted by Gasteiger charge is 2.25. The van der Waals surface area contributed by atoms with Gasteiger partial charge in [-0.15, -0.1) is 0 Å². The second kappa shape index (κ2) is 6.74. The van der Waals surface area contributed by atoms with E-state index >= 15 is 0 Å². The van der Waals surface area contributed by atoms with Gasteiger partial charge in [-0.2, -0.15) is 5.10 Å². The third-order valence-corrected chi connectivity index (χ3v) is 3.71. The maximum absolute atomic E-state index is 4.35. The van der Waals surface area contributed by atoms with Gasteiger partial charge in [-0.1, -0.05) is 32.6 Å². The number of aromatic nitrogens is 3. The summed E-state index contributed by atoms with van der Waals surface area (Å²) in [6.45, 7) is 3.26. The zero-order valence-electron chi connectivity index (χ0n) is 10.8. The van der Waals surface area contributed by atoms with E-state index in [2.05, 4.69) is 27.4 Å². The summed E-state index contributed by atoms with van der Waals surface area (Å²) in [6, 6.07) is 0.371. The Labute approximate surface area is 104 Å². The van der Waals surface area contributed by atoms with Crippen LogP contribution >= 0.6 is 0 Å². The van der Waals surface area contributed by atoms with Gasteiger partial charge in [0.15, 0.2) is 0 Å². The third kappa shape index (κ3) is 3.53. The van der Waals surface area contributed by atoms with E-state index in [9.17, 15) is 0 Å². The van der Waals surface area contributed by atoms with Crippen molar-refractivity contribution in [3.63, 3.8) is 0 Å². The minimum absolute atomic E-state index is 0.371. The van der Waals surface area contributed by atoms with Gasteiger partial charge < -0.3 is 5.32 Å². The van der Waals surface area contributed by atoms with Crippen molar-refractivity contribution >= 4 is 0 Å². The molecular formula is C13H24N4. The van der Waals surface area contributed by atoms with E-state index in [0.717, 1.165) is 24.7 Å².